The summed E-state index contributed by atoms with van der Waals surface area (Å²) in [5.41, 5.74) is 0. The summed E-state index contributed by atoms with van der Waals surface area (Å²) in [6.07, 6.45) is 3.18. The van der Waals surface area contributed by atoms with Gasteiger partial charge in [-0.1, -0.05) is 13.8 Å². The van der Waals surface area contributed by atoms with Gasteiger partial charge in [-0.3, -0.25) is 9.59 Å². The standard InChI is InChI=1S/C12H21NO3/c1-3-9(4-2)11(14)13-7-5-6-10(8-13)12(15)16/h9-10H,3-8H2,1-2H3,(H,15,16)/t10-/m1/s1. The predicted octanol–water partition coefficient (Wildman–Crippen LogP) is 1.75. The van der Waals surface area contributed by atoms with Crippen LogP contribution in [0.3, 0.4) is 0 Å². The Morgan fingerprint density at radius 1 is 1.38 bits per heavy atom. The highest BCUT2D eigenvalue weighted by Gasteiger charge is 2.30. The molecule has 1 rings (SSSR count). The van der Waals surface area contributed by atoms with Gasteiger partial charge < -0.3 is 10.0 Å². The number of piperidine rings is 1. The average molecular weight is 227 g/mol. The maximum atomic E-state index is 12.1. The van der Waals surface area contributed by atoms with Crippen LogP contribution in [0.25, 0.3) is 0 Å². The van der Waals surface area contributed by atoms with Crippen LogP contribution in [0.5, 0.6) is 0 Å². The molecule has 1 aliphatic rings. The summed E-state index contributed by atoms with van der Waals surface area (Å²) in [6.45, 7) is 5.12. The fourth-order valence-electron chi connectivity index (χ4n) is 2.27. The third-order valence-corrected chi connectivity index (χ3v) is 3.42. The van der Waals surface area contributed by atoms with E-state index in [1.807, 2.05) is 13.8 Å². The minimum atomic E-state index is -0.776. The first-order chi connectivity index (χ1) is 7.60. The van der Waals surface area contributed by atoms with E-state index in [1.54, 1.807) is 4.90 Å². The van der Waals surface area contributed by atoms with Crippen molar-refractivity contribution in [3.05, 3.63) is 0 Å². The highest BCUT2D eigenvalue weighted by Crippen LogP contribution is 2.20. The van der Waals surface area contributed by atoms with Gasteiger partial charge >= 0.3 is 5.97 Å². The first-order valence-corrected chi connectivity index (χ1v) is 6.11. The Kier molecular flexibility index (Phi) is 4.77. The van der Waals surface area contributed by atoms with Crippen LogP contribution >= 0.6 is 0 Å². The van der Waals surface area contributed by atoms with Crippen molar-refractivity contribution < 1.29 is 14.7 Å². The van der Waals surface area contributed by atoms with Crippen LogP contribution in [0, 0.1) is 11.8 Å². The molecular weight excluding hydrogens is 206 g/mol. The first-order valence-electron chi connectivity index (χ1n) is 6.11. The molecule has 4 heteroatoms. The van der Waals surface area contributed by atoms with E-state index in [1.165, 1.54) is 0 Å². The molecule has 0 bridgehead atoms. The van der Waals surface area contributed by atoms with Crippen LogP contribution in [0.2, 0.25) is 0 Å². The molecule has 1 saturated heterocycles. The molecule has 0 radical (unpaired) electrons. The van der Waals surface area contributed by atoms with Crippen LogP contribution in [0.4, 0.5) is 0 Å². The molecule has 0 aliphatic carbocycles. The summed E-state index contributed by atoms with van der Waals surface area (Å²) < 4.78 is 0. The summed E-state index contributed by atoms with van der Waals surface area (Å²) in [5.74, 6) is -0.947. The van der Waals surface area contributed by atoms with E-state index in [2.05, 4.69) is 0 Å². The normalized spacial score (nSPS) is 21.2. The van der Waals surface area contributed by atoms with Gasteiger partial charge in [-0.15, -0.1) is 0 Å². The van der Waals surface area contributed by atoms with Crippen LogP contribution in [-0.4, -0.2) is 35.0 Å². The van der Waals surface area contributed by atoms with E-state index in [-0.39, 0.29) is 17.7 Å². The quantitative estimate of drug-likeness (QED) is 0.796. The van der Waals surface area contributed by atoms with Gasteiger partial charge in [0.2, 0.25) is 5.91 Å². The second-order valence-corrected chi connectivity index (χ2v) is 4.48. The SMILES string of the molecule is CCC(CC)C(=O)N1CCC[C@@H](C(=O)O)C1. The Bertz CT molecular complexity index is 261. The van der Waals surface area contributed by atoms with Gasteiger partial charge in [-0.2, -0.15) is 0 Å². The number of carboxylic acids is 1. The van der Waals surface area contributed by atoms with Crippen molar-refractivity contribution in [3.63, 3.8) is 0 Å². The van der Waals surface area contributed by atoms with Gasteiger partial charge in [0.05, 0.1) is 5.92 Å². The predicted molar refractivity (Wildman–Crippen MR) is 61.0 cm³/mol. The minimum absolute atomic E-state index is 0.0625. The van der Waals surface area contributed by atoms with Gasteiger partial charge in [-0.05, 0) is 25.7 Å². The molecule has 1 amide bonds. The molecule has 0 aromatic rings. The molecule has 0 aromatic carbocycles. The van der Waals surface area contributed by atoms with Crippen LogP contribution in [0.15, 0.2) is 0 Å². The average Bonchev–Trinajstić information content (AvgIpc) is 2.30. The highest BCUT2D eigenvalue weighted by molar-refractivity contribution is 5.80. The third-order valence-electron chi connectivity index (χ3n) is 3.42. The van der Waals surface area contributed by atoms with Gasteiger partial charge in [0.1, 0.15) is 0 Å². The lowest BCUT2D eigenvalue weighted by molar-refractivity contribution is -0.146. The monoisotopic (exact) mass is 227 g/mol. The zero-order valence-corrected chi connectivity index (χ0v) is 10.1. The van der Waals surface area contributed by atoms with Crippen LogP contribution in [0.1, 0.15) is 39.5 Å². The van der Waals surface area contributed by atoms with E-state index in [0.29, 0.717) is 13.0 Å². The molecular formula is C12H21NO3. The number of nitrogens with zero attached hydrogens (tertiary/aromatic N) is 1. The lowest BCUT2D eigenvalue weighted by Crippen LogP contribution is -2.44. The number of amides is 1. The van der Waals surface area contributed by atoms with Gasteiger partial charge in [-0.25, -0.2) is 0 Å². The minimum Gasteiger partial charge on any atom is -0.481 e. The largest absolute Gasteiger partial charge is 0.481 e. The van der Waals surface area contributed by atoms with E-state index in [0.717, 1.165) is 25.8 Å². The zero-order valence-electron chi connectivity index (χ0n) is 10.1. The Hall–Kier alpha value is -1.06. The van der Waals surface area contributed by atoms with Crippen molar-refractivity contribution in [1.82, 2.24) is 4.90 Å². The number of carboxylic acid groups (broad SMARTS) is 1. The van der Waals surface area contributed by atoms with Crippen molar-refractivity contribution in [2.45, 2.75) is 39.5 Å². The lowest BCUT2D eigenvalue weighted by atomic mass is 9.95. The number of aliphatic carboxylic acids is 1. The molecule has 16 heavy (non-hydrogen) atoms. The summed E-state index contributed by atoms with van der Waals surface area (Å²) in [7, 11) is 0. The molecule has 1 N–H and O–H groups in total. The molecule has 0 spiro atoms. The molecule has 0 saturated carbocycles. The molecule has 1 fully saturated rings. The summed E-state index contributed by atoms with van der Waals surface area (Å²) in [6, 6.07) is 0. The first kappa shape index (κ1) is 13.0. The molecule has 0 unspecified atom stereocenters. The van der Waals surface area contributed by atoms with Crippen molar-refractivity contribution in [3.8, 4) is 0 Å². The van der Waals surface area contributed by atoms with Crippen molar-refractivity contribution in [2.24, 2.45) is 11.8 Å². The number of likely N-dealkylation sites (tertiary alicyclic amines) is 1. The summed E-state index contributed by atoms with van der Waals surface area (Å²) in [4.78, 5) is 24.7. The number of carbonyl (C=O) groups is 2. The maximum absolute atomic E-state index is 12.1. The molecule has 4 nitrogen and oxygen atoms in total. The maximum Gasteiger partial charge on any atom is 0.308 e. The van der Waals surface area contributed by atoms with E-state index < -0.39 is 5.97 Å². The second-order valence-electron chi connectivity index (χ2n) is 4.48. The van der Waals surface area contributed by atoms with Crippen molar-refractivity contribution in [2.75, 3.05) is 13.1 Å². The van der Waals surface area contributed by atoms with Crippen molar-refractivity contribution in [1.29, 1.82) is 0 Å². The van der Waals surface area contributed by atoms with Gasteiger partial charge in [0.15, 0.2) is 0 Å². The smallest absolute Gasteiger partial charge is 0.308 e. The fourth-order valence-corrected chi connectivity index (χ4v) is 2.27. The van der Waals surface area contributed by atoms with Crippen LogP contribution in [-0.2, 0) is 9.59 Å². The number of carbonyl (C=O) groups excluding carboxylic acids is 1. The zero-order chi connectivity index (χ0) is 12.1. The molecule has 92 valence electrons. The van der Waals surface area contributed by atoms with Crippen LogP contribution < -0.4 is 0 Å². The summed E-state index contributed by atoms with van der Waals surface area (Å²) in [5, 5.41) is 8.95. The van der Waals surface area contributed by atoms with E-state index in [4.69, 9.17) is 5.11 Å². The molecule has 0 aromatic heterocycles. The lowest BCUT2D eigenvalue weighted by Gasteiger charge is -2.33. The number of hydrogen-bond donors (Lipinski definition) is 1. The fraction of sp³-hybridized carbons (Fsp3) is 0.833. The number of hydrogen-bond acceptors (Lipinski definition) is 2. The van der Waals surface area contributed by atoms with E-state index >= 15 is 0 Å². The Balaban J connectivity index is 2.59. The second kappa shape index (κ2) is 5.87. The molecule has 1 heterocycles. The Morgan fingerprint density at radius 2 is 2.00 bits per heavy atom. The number of rotatable bonds is 4. The summed E-state index contributed by atoms with van der Waals surface area (Å²) >= 11 is 0. The van der Waals surface area contributed by atoms with Gasteiger partial charge in [0, 0.05) is 19.0 Å². The van der Waals surface area contributed by atoms with Crippen molar-refractivity contribution >= 4 is 11.9 Å². The highest BCUT2D eigenvalue weighted by atomic mass is 16.4. The molecule has 1 aliphatic heterocycles. The Morgan fingerprint density at radius 3 is 2.50 bits per heavy atom. The van der Waals surface area contributed by atoms with Gasteiger partial charge in [0.25, 0.3) is 0 Å². The Labute approximate surface area is 96.6 Å². The third kappa shape index (κ3) is 2.97. The topological polar surface area (TPSA) is 57.6 Å². The van der Waals surface area contributed by atoms with E-state index in [9.17, 15) is 9.59 Å². The molecule has 1 atom stereocenters.